The molecule has 2 rings (SSSR count). The van der Waals surface area contributed by atoms with Crippen LogP contribution in [-0.2, 0) is 9.59 Å². The first-order valence-electron chi connectivity index (χ1n) is 5.94. The first kappa shape index (κ1) is 13.1. The number of primary amides is 1. The van der Waals surface area contributed by atoms with E-state index in [1.807, 2.05) is 0 Å². The lowest BCUT2D eigenvalue weighted by atomic mass is 10.1. The highest BCUT2D eigenvalue weighted by molar-refractivity contribution is 6.00. The number of hydrogen-bond acceptors (Lipinski definition) is 3. The van der Waals surface area contributed by atoms with E-state index in [-0.39, 0.29) is 18.2 Å². The van der Waals surface area contributed by atoms with Gasteiger partial charge in [-0.05, 0) is 24.3 Å². The molecule has 1 fully saturated rings. The zero-order valence-corrected chi connectivity index (χ0v) is 10.6. The first-order chi connectivity index (χ1) is 9.02. The van der Waals surface area contributed by atoms with Gasteiger partial charge in [-0.25, -0.2) is 0 Å². The maximum Gasteiger partial charge on any atom is 0.251 e. The molecule has 3 N–H and O–H groups in total. The number of amides is 3. The highest BCUT2D eigenvalue weighted by Gasteiger charge is 2.33. The summed E-state index contributed by atoms with van der Waals surface area (Å²) in [5.41, 5.74) is 6.40. The molecule has 6 nitrogen and oxygen atoms in total. The van der Waals surface area contributed by atoms with Gasteiger partial charge in [-0.1, -0.05) is 0 Å². The fraction of sp³-hybridized carbons (Fsp3) is 0.308. The molecule has 1 aromatic rings. The predicted octanol–water partition coefficient (Wildman–Crippen LogP) is -0.116. The third-order valence-electron chi connectivity index (χ3n) is 3.20. The maximum atomic E-state index is 11.8. The molecule has 3 amide bonds. The third kappa shape index (κ3) is 2.57. The van der Waals surface area contributed by atoms with Gasteiger partial charge in [0, 0.05) is 31.3 Å². The van der Waals surface area contributed by atoms with E-state index in [0.717, 1.165) is 0 Å². The summed E-state index contributed by atoms with van der Waals surface area (Å²) in [6.45, 7) is 0.299. The largest absolute Gasteiger partial charge is 0.369 e. The van der Waals surface area contributed by atoms with Crippen molar-refractivity contribution in [2.24, 2.45) is 11.7 Å². The van der Waals surface area contributed by atoms with Crippen molar-refractivity contribution in [3.8, 4) is 0 Å². The van der Waals surface area contributed by atoms with Gasteiger partial charge in [0.25, 0.3) is 5.91 Å². The summed E-state index contributed by atoms with van der Waals surface area (Å²) < 4.78 is 0. The zero-order chi connectivity index (χ0) is 14.0. The highest BCUT2D eigenvalue weighted by Crippen LogP contribution is 2.25. The summed E-state index contributed by atoms with van der Waals surface area (Å²) in [5.74, 6) is -1.21. The summed E-state index contributed by atoms with van der Waals surface area (Å²) in [7, 11) is 1.55. The summed E-state index contributed by atoms with van der Waals surface area (Å²) in [5, 5.41) is 2.52. The summed E-state index contributed by atoms with van der Waals surface area (Å²) in [4.78, 5) is 35.8. The lowest BCUT2D eigenvalue weighted by Gasteiger charge is -2.16. The molecule has 0 aromatic heterocycles. The van der Waals surface area contributed by atoms with Crippen LogP contribution in [0.1, 0.15) is 16.8 Å². The van der Waals surface area contributed by atoms with Crippen LogP contribution in [0, 0.1) is 5.92 Å². The van der Waals surface area contributed by atoms with Crippen LogP contribution in [0.5, 0.6) is 0 Å². The lowest BCUT2D eigenvalue weighted by Crippen LogP contribution is -2.28. The zero-order valence-electron chi connectivity index (χ0n) is 10.6. The molecule has 100 valence electrons. The van der Waals surface area contributed by atoms with Gasteiger partial charge in [0.15, 0.2) is 0 Å². The fourth-order valence-corrected chi connectivity index (χ4v) is 2.08. The van der Waals surface area contributed by atoms with E-state index in [1.54, 1.807) is 31.3 Å². The van der Waals surface area contributed by atoms with Crippen molar-refractivity contribution in [3.05, 3.63) is 29.8 Å². The second kappa shape index (κ2) is 5.09. The fourth-order valence-electron chi connectivity index (χ4n) is 2.08. The predicted molar refractivity (Wildman–Crippen MR) is 69.5 cm³/mol. The Morgan fingerprint density at radius 2 is 1.95 bits per heavy atom. The van der Waals surface area contributed by atoms with E-state index in [2.05, 4.69) is 5.32 Å². The molecule has 0 saturated carbocycles. The molecule has 0 bridgehead atoms. The SMILES string of the molecule is CNC(=O)c1ccc(N2CC(C(N)=O)CC2=O)cc1. The van der Waals surface area contributed by atoms with Crippen molar-refractivity contribution in [1.82, 2.24) is 5.32 Å². The molecule has 0 aliphatic carbocycles. The third-order valence-corrected chi connectivity index (χ3v) is 3.20. The van der Waals surface area contributed by atoms with Crippen LogP contribution in [0.25, 0.3) is 0 Å². The Morgan fingerprint density at radius 1 is 1.32 bits per heavy atom. The van der Waals surface area contributed by atoms with Gasteiger partial charge in [-0.15, -0.1) is 0 Å². The second-order valence-electron chi connectivity index (χ2n) is 4.43. The first-order valence-corrected chi connectivity index (χ1v) is 5.94. The molecular formula is C13H15N3O3. The summed E-state index contributed by atoms with van der Waals surface area (Å²) in [6, 6.07) is 6.65. The van der Waals surface area contributed by atoms with Crippen LogP contribution < -0.4 is 16.0 Å². The number of rotatable bonds is 3. The average Bonchev–Trinajstić information content (AvgIpc) is 2.80. The van der Waals surface area contributed by atoms with E-state index in [9.17, 15) is 14.4 Å². The van der Waals surface area contributed by atoms with Crippen molar-refractivity contribution >= 4 is 23.4 Å². The number of nitrogens with two attached hydrogens (primary N) is 1. The number of nitrogens with one attached hydrogen (secondary N) is 1. The molecule has 19 heavy (non-hydrogen) atoms. The lowest BCUT2D eigenvalue weighted by molar-refractivity contribution is -0.123. The Morgan fingerprint density at radius 3 is 2.42 bits per heavy atom. The monoisotopic (exact) mass is 261 g/mol. The molecule has 6 heteroatoms. The molecule has 1 saturated heterocycles. The van der Waals surface area contributed by atoms with Crippen LogP contribution >= 0.6 is 0 Å². The summed E-state index contributed by atoms with van der Waals surface area (Å²) >= 11 is 0. The number of nitrogens with zero attached hydrogens (tertiary/aromatic N) is 1. The van der Waals surface area contributed by atoms with Gasteiger partial charge < -0.3 is 16.0 Å². The Labute approximate surface area is 110 Å². The molecular weight excluding hydrogens is 246 g/mol. The van der Waals surface area contributed by atoms with Crippen molar-refractivity contribution in [2.75, 3.05) is 18.5 Å². The quantitative estimate of drug-likeness (QED) is 0.794. The molecule has 1 atom stereocenters. The van der Waals surface area contributed by atoms with Crippen LogP contribution in [0.3, 0.4) is 0 Å². The standard InChI is InChI=1S/C13H15N3O3/c1-15-13(19)8-2-4-10(5-3-8)16-7-9(12(14)18)6-11(16)17/h2-5,9H,6-7H2,1H3,(H2,14,18)(H,15,19). The summed E-state index contributed by atoms with van der Waals surface area (Å²) in [6.07, 6.45) is 0.145. The Kier molecular flexibility index (Phi) is 3.50. The smallest absolute Gasteiger partial charge is 0.251 e. The van der Waals surface area contributed by atoms with Crippen LogP contribution in [-0.4, -0.2) is 31.3 Å². The average molecular weight is 261 g/mol. The maximum absolute atomic E-state index is 11.8. The Balaban J connectivity index is 2.17. The molecule has 1 aliphatic rings. The van der Waals surface area contributed by atoms with Gasteiger partial charge in [0.2, 0.25) is 11.8 Å². The minimum atomic E-state index is -0.460. The van der Waals surface area contributed by atoms with E-state index >= 15 is 0 Å². The van der Waals surface area contributed by atoms with E-state index < -0.39 is 11.8 Å². The van der Waals surface area contributed by atoms with Crippen LogP contribution in [0.4, 0.5) is 5.69 Å². The van der Waals surface area contributed by atoms with Crippen molar-refractivity contribution in [1.29, 1.82) is 0 Å². The van der Waals surface area contributed by atoms with Gasteiger partial charge in [0.1, 0.15) is 0 Å². The second-order valence-corrected chi connectivity index (χ2v) is 4.43. The molecule has 1 heterocycles. The molecule has 0 spiro atoms. The van der Waals surface area contributed by atoms with Crippen LogP contribution in [0.15, 0.2) is 24.3 Å². The minimum absolute atomic E-state index is 0.128. The number of carbonyl (C=O) groups is 3. The van der Waals surface area contributed by atoms with E-state index in [0.29, 0.717) is 17.8 Å². The van der Waals surface area contributed by atoms with E-state index in [1.165, 1.54) is 4.90 Å². The van der Waals surface area contributed by atoms with Crippen molar-refractivity contribution < 1.29 is 14.4 Å². The van der Waals surface area contributed by atoms with Gasteiger partial charge >= 0.3 is 0 Å². The molecule has 1 unspecified atom stereocenters. The number of carbonyl (C=O) groups excluding carboxylic acids is 3. The van der Waals surface area contributed by atoms with Gasteiger partial charge in [-0.3, -0.25) is 14.4 Å². The number of benzene rings is 1. The van der Waals surface area contributed by atoms with Crippen molar-refractivity contribution in [3.63, 3.8) is 0 Å². The Hall–Kier alpha value is -2.37. The number of anilines is 1. The van der Waals surface area contributed by atoms with Crippen molar-refractivity contribution in [2.45, 2.75) is 6.42 Å². The van der Waals surface area contributed by atoms with Crippen LogP contribution in [0.2, 0.25) is 0 Å². The normalized spacial score (nSPS) is 18.5. The van der Waals surface area contributed by atoms with E-state index in [4.69, 9.17) is 5.73 Å². The molecule has 1 aromatic carbocycles. The number of hydrogen-bond donors (Lipinski definition) is 2. The van der Waals surface area contributed by atoms with Gasteiger partial charge in [-0.2, -0.15) is 0 Å². The minimum Gasteiger partial charge on any atom is -0.369 e. The molecule has 0 radical (unpaired) electrons. The topological polar surface area (TPSA) is 92.5 Å². The molecule has 1 aliphatic heterocycles. The van der Waals surface area contributed by atoms with Gasteiger partial charge in [0.05, 0.1) is 5.92 Å². The highest BCUT2D eigenvalue weighted by atomic mass is 16.2. The Bertz CT molecular complexity index is 524.